The van der Waals surface area contributed by atoms with Crippen LogP contribution >= 0.6 is 67.8 Å². The average Bonchev–Trinajstić information content (AvgIpc) is 2.79. The number of primary amides is 2. The van der Waals surface area contributed by atoms with Crippen LogP contribution in [-0.4, -0.2) is 98.3 Å². The lowest BCUT2D eigenvalue weighted by atomic mass is 10.1. The highest BCUT2D eigenvalue weighted by atomic mass is 127. The van der Waals surface area contributed by atoms with Crippen LogP contribution in [0.1, 0.15) is 27.6 Å². The zero-order valence-electron chi connectivity index (χ0n) is 18.6. The van der Waals surface area contributed by atoms with Crippen molar-refractivity contribution in [1.29, 1.82) is 0 Å². The Balaban J connectivity index is 0. The number of rotatable bonds is 9. The second-order valence-corrected chi connectivity index (χ2v) is 9.44. The van der Waals surface area contributed by atoms with Gasteiger partial charge in [0.2, 0.25) is 11.8 Å². The summed E-state index contributed by atoms with van der Waals surface area (Å²) in [5.41, 5.74) is 8.62. The number of aliphatic hydroxyl groups excluding tert-OH is 4. The maximum absolute atomic E-state index is 11.8. The van der Waals surface area contributed by atoms with Crippen LogP contribution in [0.15, 0.2) is 0 Å². The van der Waals surface area contributed by atoms with Gasteiger partial charge < -0.3 is 52.2 Å². The molecule has 2 unspecified atom stereocenters. The molecule has 3 amide bonds. The van der Waals surface area contributed by atoms with Gasteiger partial charge in [0, 0.05) is 10.5 Å². The summed E-state index contributed by atoms with van der Waals surface area (Å²) in [6, 6.07) is 0. The van der Waals surface area contributed by atoms with Crippen LogP contribution in [0.3, 0.4) is 0 Å². The van der Waals surface area contributed by atoms with E-state index in [9.17, 15) is 39.0 Å². The predicted octanol–water partition coefficient (Wildman–Crippen LogP) is -1.95. The van der Waals surface area contributed by atoms with Crippen molar-refractivity contribution in [2.75, 3.05) is 25.1 Å². The number of carbonyl (C=O) groups is 6. The van der Waals surface area contributed by atoms with Gasteiger partial charge >= 0.3 is 17.9 Å². The van der Waals surface area contributed by atoms with Gasteiger partial charge in [-0.15, -0.1) is 0 Å². The third-order valence-corrected chi connectivity index (χ3v) is 6.65. The fourth-order valence-corrected chi connectivity index (χ4v) is 6.03. The molecule has 37 heavy (non-hydrogen) atoms. The molecule has 0 aliphatic heterocycles. The summed E-state index contributed by atoms with van der Waals surface area (Å²) in [7, 11) is 0. The fourth-order valence-electron chi connectivity index (χ4n) is 1.67. The normalized spacial score (nSPS) is 11.4. The summed E-state index contributed by atoms with van der Waals surface area (Å²) < 4.78 is 4.98. The van der Waals surface area contributed by atoms with E-state index in [1.165, 1.54) is 0 Å². The van der Waals surface area contributed by atoms with E-state index in [0.29, 0.717) is 0 Å². The van der Waals surface area contributed by atoms with Crippen LogP contribution < -0.4 is 16.8 Å². The zero-order valence-corrected chi connectivity index (χ0v) is 25.1. The molecule has 0 aliphatic carbocycles. The number of hydrogen-bond donors (Lipinski definition) is 9. The second-order valence-electron chi connectivity index (χ2n) is 6.21. The molecule has 0 radical (unpaired) electrons. The lowest BCUT2D eigenvalue weighted by Crippen LogP contribution is -2.30. The van der Waals surface area contributed by atoms with Gasteiger partial charge in [0.25, 0.3) is 5.91 Å². The molecule has 0 saturated carbocycles. The highest BCUT2D eigenvalue weighted by Crippen LogP contribution is 2.35. The van der Waals surface area contributed by atoms with E-state index in [0.717, 1.165) is 6.92 Å². The molecule has 16 nitrogen and oxygen atoms in total. The predicted molar refractivity (Wildman–Crippen MR) is 148 cm³/mol. The molecular weight excluding hydrogens is 847 g/mol. The van der Waals surface area contributed by atoms with Crippen LogP contribution in [-0.2, 0) is 23.9 Å². The first-order valence-electron chi connectivity index (χ1n) is 9.21. The van der Waals surface area contributed by atoms with Crippen molar-refractivity contribution in [3.63, 3.8) is 0 Å². The third kappa shape index (κ3) is 13.4. The van der Waals surface area contributed by atoms with Gasteiger partial charge in [-0.1, -0.05) is 0 Å². The molecule has 2 atom stereocenters. The number of carboxylic acids is 2. The first kappa shape index (κ1) is 37.2. The lowest BCUT2D eigenvalue weighted by molar-refractivity contribution is -0.145. The van der Waals surface area contributed by atoms with Gasteiger partial charge in [0.1, 0.15) is 0 Å². The first-order chi connectivity index (χ1) is 16.9. The van der Waals surface area contributed by atoms with E-state index in [4.69, 9.17) is 20.4 Å². The van der Waals surface area contributed by atoms with Crippen LogP contribution in [0.25, 0.3) is 0 Å². The average molecular weight is 869 g/mol. The number of ether oxygens (including phenoxy) is 1. The molecule has 19 heteroatoms. The molecule has 11 N–H and O–H groups in total. The van der Waals surface area contributed by atoms with Crippen LogP contribution in [0, 0.1) is 10.7 Å². The molecule has 1 aromatic rings. The van der Waals surface area contributed by atoms with Gasteiger partial charge in [-0.3, -0.25) is 19.2 Å². The summed E-state index contributed by atoms with van der Waals surface area (Å²) >= 11 is 5.08. The molecule has 0 aliphatic rings. The summed E-state index contributed by atoms with van der Waals surface area (Å²) in [6.45, 7) is -0.625. The molecule has 0 bridgehead atoms. The SMILES string of the molecule is CC(=O)OCC(=O)Nc1c(I)c(C(=O)O)c(I)c(C(=O)O)c1I.NC(=O)C(O)CO.NC(=O)C(O)CO. The molecule has 0 spiro atoms. The van der Waals surface area contributed by atoms with Gasteiger partial charge in [-0.25, -0.2) is 9.59 Å². The minimum atomic E-state index is -1.40. The molecular formula is C18H22I3N3O13. The van der Waals surface area contributed by atoms with E-state index >= 15 is 0 Å². The molecule has 0 saturated heterocycles. The van der Waals surface area contributed by atoms with E-state index < -0.39 is 67.7 Å². The van der Waals surface area contributed by atoms with Crippen molar-refractivity contribution in [2.24, 2.45) is 11.5 Å². The number of hydrogen-bond acceptors (Lipinski definition) is 11. The minimum Gasteiger partial charge on any atom is -0.478 e. The van der Waals surface area contributed by atoms with Crippen molar-refractivity contribution in [2.45, 2.75) is 19.1 Å². The summed E-state index contributed by atoms with van der Waals surface area (Å²) in [5, 5.41) is 53.3. The van der Waals surface area contributed by atoms with E-state index in [1.54, 1.807) is 67.8 Å². The number of benzene rings is 1. The number of esters is 1. The van der Waals surface area contributed by atoms with Crippen LogP contribution in [0.2, 0.25) is 0 Å². The standard InChI is InChI=1S/C12H8I3NO7.2C3H7NO3/c1-3(17)23-2-4(18)16-10-8(14)5(11(19)20)7(13)6(9(10)15)12(21)22;2*4-3(7)2(6)1-5/h2H2,1H3,(H,16,18)(H,19,20)(H,21,22);2*2,5-6H,1H2,(H2,4,7). The van der Waals surface area contributed by atoms with Crippen molar-refractivity contribution in [1.82, 2.24) is 0 Å². The van der Waals surface area contributed by atoms with Crippen LogP contribution in [0.4, 0.5) is 5.69 Å². The number of amides is 3. The third-order valence-electron chi connectivity index (χ3n) is 3.42. The molecule has 1 rings (SSSR count). The first-order valence-corrected chi connectivity index (χ1v) is 12.4. The van der Waals surface area contributed by atoms with Crippen molar-refractivity contribution in [3.8, 4) is 0 Å². The molecule has 0 heterocycles. The maximum atomic E-state index is 11.8. The monoisotopic (exact) mass is 869 g/mol. The Hall–Kier alpha value is -1.93. The van der Waals surface area contributed by atoms with Gasteiger partial charge in [-0.2, -0.15) is 0 Å². The molecule has 0 fully saturated rings. The topological polar surface area (TPSA) is 297 Å². The minimum absolute atomic E-state index is 0.0542. The second kappa shape index (κ2) is 18.3. The Bertz CT molecular complexity index is 975. The number of carbonyl (C=O) groups excluding carboxylic acids is 4. The highest BCUT2D eigenvalue weighted by Gasteiger charge is 2.28. The number of carboxylic acid groups (broad SMARTS) is 2. The Morgan fingerprint density at radius 3 is 1.38 bits per heavy atom. The number of anilines is 1. The van der Waals surface area contributed by atoms with Gasteiger partial charge in [0.15, 0.2) is 18.8 Å². The smallest absolute Gasteiger partial charge is 0.337 e. The number of aliphatic hydroxyl groups is 4. The number of aromatic carboxylic acids is 2. The van der Waals surface area contributed by atoms with Gasteiger partial charge in [0.05, 0.1) is 37.2 Å². The molecule has 208 valence electrons. The van der Waals surface area contributed by atoms with Crippen molar-refractivity contribution in [3.05, 3.63) is 21.8 Å². The summed E-state index contributed by atoms with van der Waals surface area (Å²) in [4.78, 5) is 64.8. The highest BCUT2D eigenvalue weighted by molar-refractivity contribution is 14.1. The molecule has 1 aromatic carbocycles. The van der Waals surface area contributed by atoms with Crippen LogP contribution in [0.5, 0.6) is 0 Å². The number of nitrogens with two attached hydrogens (primary N) is 2. The maximum Gasteiger partial charge on any atom is 0.337 e. The zero-order chi connectivity index (χ0) is 29.6. The lowest BCUT2D eigenvalue weighted by Gasteiger charge is -2.16. The summed E-state index contributed by atoms with van der Waals surface area (Å²) in [6.07, 6.45) is -2.81. The van der Waals surface area contributed by atoms with Crippen molar-refractivity contribution >= 4 is 109 Å². The Labute approximate surface area is 249 Å². The fraction of sp³-hybridized carbons (Fsp3) is 0.333. The van der Waals surface area contributed by atoms with E-state index in [-0.39, 0.29) is 27.5 Å². The Kier molecular flexibility index (Phi) is 18.5. The largest absolute Gasteiger partial charge is 0.478 e. The molecule has 0 aromatic heterocycles. The quantitative estimate of drug-likeness (QED) is 0.0965. The Morgan fingerprint density at radius 2 is 1.16 bits per heavy atom. The Morgan fingerprint density at radius 1 is 0.811 bits per heavy atom. The van der Waals surface area contributed by atoms with E-state index in [1.807, 2.05) is 0 Å². The van der Waals surface area contributed by atoms with Gasteiger partial charge in [-0.05, 0) is 67.8 Å². The van der Waals surface area contributed by atoms with Crippen molar-refractivity contribution < 1.29 is 64.1 Å². The van der Waals surface area contributed by atoms with E-state index in [2.05, 4.69) is 21.5 Å². The summed E-state index contributed by atoms with van der Waals surface area (Å²) in [5.74, 6) is -5.78. The number of nitrogens with one attached hydrogen (secondary N) is 1. The number of halogens is 3.